The van der Waals surface area contributed by atoms with Crippen molar-refractivity contribution in [2.24, 2.45) is 0 Å². The summed E-state index contributed by atoms with van der Waals surface area (Å²) >= 11 is 0. The van der Waals surface area contributed by atoms with Crippen molar-refractivity contribution < 1.29 is 26.0 Å². The third-order valence-electron chi connectivity index (χ3n) is 5.30. The van der Waals surface area contributed by atoms with Crippen LogP contribution in [0.2, 0.25) is 0 Å². The third kappa shape index (κ3) is 5.33. The molecule has 8 nitrogen and oxygen atoms in total. The number of hydrogen-bond donors (Lipinski definition) is 0. The van der Waals surface area contributed by atoms with E-state index in [2.05, 4.69) is 0 Å². The molecule has 2 aliphatic heterocycles. The van der Waals surface area contributed by atoms with Crippen LogP contribution in [0.4, 0.5) is 4.39 Å². The first-order valence-electron chi connectivity index (χ1n) is 9.57. The Morgan fingerprint density at radius 1 is 1.00 bits per heavy atom. The highest BCUT2D eigenvalue weighted by atomic mass is 32.2. The molecule has 0 radical (unpaired) electrons. The Balaban J connectivity index is 1.69. The molecule has 11 heteroatoms. The Bertz CT molecular complexity index is 967. The van der Waals surface area contributed by atoms with E-state index >= 15 is 0 Å². The number of sulfonamides is 1. The summed E-state index contributed by atoms with van der Waals surface area (Å²) in [6.07, 6.45) is 2.67. The van der Waals surface area contributed by atoms with Crippen molar-refractivity contribution in [3.63, 3.8) is 0 Å². The average Bonchev–Trinajstić information content (AvgIpc) is 3.22. The van der Waals surface area contributed by atoms with E-state index in [1.165, 1.54) is 16.6 Å². The van der Waals surface area contributed by atoms with Crippen LogP contribution in [-0.2, 0) is 19.9 Å². The van der Waals surface area contributed by atoms with Crippen molar-refractivity contribution in [3.8, 4) is 0 Å². The lowest BCUT2D eigenvalue weighted by atomic mass is 10.1. The number of halogens is 1. The fraction of sp³-hybridized carbons (Fsp3) is 0.611. The molecule has 0 aliphatic carbocycles. The van der Waals surface area contributed by atoms with Gasteiger partial charge in [-0.25, -0.2) is 21.2 Å². The molecule has 3 rings (SSSR count). The summed E-state index contributed by atoms with van der Waals surface area (Å²) in [5.41, 5.74) is 0.133. The van der Waals surface area contributed by atoms with Gasteiger partial charge in [-0.3, -0.25) is 9.69 Å². The Morgan fingerprint density at radius 3 is 2.21 bits per heavy atom. The van der Waals surface area contributed by atoms with E-state index in [-0.39, 0.29) is 17.2 Å². The first kappa shape index (κ1) is 22.1. The van der Waals surface area contributed by atoms with Crippen molar-refractivity contribution in [3.05, 3.63) is 29.6 Å². The molecule has 0 bridgehead atoms. The Hall–Kier alpha value is -1.56. The second-order valence-corrected chi connectivity index (χ2v) is 11.7. The van der Waals surface area contributed by atoms with E-state index in [1.807, 2.05) is 4.90 Å². The Morgan fingerprint density at radius 2 is 1.62 bits per heavy atom. The fourth-order valence-corrected chi connectivity index (χ4v) is 5.75. The zero-order valence-corrected chi connectivity index (χ0v) is 18.0. The number of piperazine rings is 1. The molecule has 0 aromatic heterocycles. The van der Waals surface area contributed by atoms with Crippen molar-refractivity contribution in [2.75, 3.05) is 57.8 Å². The van der Waals surface area contributed by atoms with Crippen LogP contribution in [0, 0.1) is 5.82 Å². The number of sulfone groups is 1. The Labute approximate surface area is 171 Å². The molecule has 2 fully saturated rings. The second-order valence-electron chi connectivity index (χ2n) is 7.52. The van der Waals surface area contributed by atoms with Gasteiger partial charge in [0.25, 0.3) is 5.91 Å². The van der Waals surface area contributed by atoms with Crippen LogP contribution in [0.3, 0.4) is 0 Å². The highest BCUT2D eigenvalue weighted by Crippen LogP contribution is 2.25. The van der Waals surface area contributed by atoms with Gasteiger partial charge in [-0.2, -0.15) is 4.31 Å². The van der Waals surface area contributed by atoms with Crippen LogP contribution in [0.15, 0.2) is 23.1 Å². The lowest BCUT2D eigenvalue weighted by molar-refractivity contribution is 0.0643. The molecule has 2 aliphatic rings. The molecule has 0 unspecified atom stereocenters. The summed E-state index contributed by atoms with van der Waals surface area (Å²) in [6, 6.07) is 3.45. The number of nitrogens with zero attached hydrogens (tertiary/aromatic N) is 3. The van der Waals surface area contributed by atoms with Gasteiger partial charge in [0.15, 0.2) is 0 Å². The standard InChI is InChI=1S/C18H26FN3O5S2/c1-28(24,25)13-12-20-8-10-21(11-9-20)18(23)15-4-5-16(19)17(14-15)29(26,27)22-6-2-3-7-22/h4-5,14H,2-3,6-13H2,1H3. The molecule has 0 spiro atoms. The first-order chi connectivity index (χ1) is 13.6. The van der Waals surface area contributed by atoms with E-state index < -0.39 is 30.6 Å². The van der Waals surface area contributed by atoms with Crippen LogP contribution in [0.25, 0.3) is 0 Å². The third-order valence-corrected chi connectivity index (χ3v) is 8.14. The molecular formula is C18H26FN3O5S2. The van der Waals surface area contributed by atoms with Gasteiger partial charge in [0.1, 0.15) is 20.5 Å². The maximum Gasteiger partial charge on any atom is 0.253 e. The smallest absolute Gasteiger partial charge is 0.253 e. The van der Waals surface area contributed by atoms with Crippen molar-refractivity contribution in [2.45, 2.75) is 17.7 Å². The summed E-state index contributed by atoms with van der Waals surface area (Å²) in [7, 11) is -7.01. The first-order valence-corrected chi connectivity index (χ1v) is 13.1. The van der Waals surface area contributed by atoms with Crippen molar-refractivity contribution in [1.29, 1.82) is 0 Å². The molecule has 1 amide bonds. The monoisotopic (exact) mass is 447 g/mol. The second kappa shape index (κ2) is 8.66. The minimum Gasteiger partial charge on any atom is -0.336 e. The minimum atomic E-state index is -3.96. The topological polar surface area (TPSA) is 95.1 Å². The van der Waals surface area contributed by atoms with Crippen LogP contribution in [-0.4, -0.2) is 94.7 Å². The van der Waals surface area contributed by atoms with Gasteiger partial charge < -0.3 is 4.90 Å². The largest absolute Gasteiger partial charge is 0.336 e. The highest BCUT2D eigenvalue weighted by molar-refractivity contribution is 7.90. The SMILES string of the molecule is CS(=O)(=O)CCN1CCN(C(=O)c2ccc(F)c(S(=O)(=O)N3CCCC3)c2)CC1. The fourth-order valence-electron chi connectivity index (χ4n) is 3.55. The number of hydrogen-bond acceptors (Lipinski definition) is 6. The number of benzene rings is 1. The zero-order valence-electron chi connectivity index (χ0n) is 16.4. The van der Waals surface area contributed by atoms with E-state index in [0.717, 1.165) is 25.0 Å². The molecule has 2 saturated heterocycles. The van der Waals surface area contributed by atoms with E-state index in [4.69, 9.17) is 0 Å². The molecule has 0 saturated carbocycles. The summed E-state index contributed by atoms with van der Waals surface area (Å²) < 4.78 is 63.5. The summed E-state index contributed by atoms with van der Waals surface area (Å²) in [5.74, 6) is -1.15. The minimum absolute atomic E-state index is 0.0661. The number of carbonyl (C=O) groups excluding carboxylic acids is 1. The molecular weight excluding hydrogens is 421 g/mol. The van der Waals surface area contributed by atoms with E-state index in [1.54, 1.807) is 4.90 Å². The Kier molecular flexibility index (Phi) is 6.61. The highest BCUT2D eigenvalue weighted by Gasteiger charge is 2.31. The lowest BCUT2D eigenvalue weighted by Crippen LogP contribution is -2.49. The quantitative estimate of drug-likeness (QED) is 0.627. The molecule has 0 atom stereocenters. The van der Waals surface area contributed by atoms with Crippen molar-refractivity contribution >= 4 is 25.8 Å². The van der Waals surface area contributed by atoms with Gasteiger partial charge in [-0.05, 0) is 31.0 Å². The predicted molar refractivity (Wildman–Crippen MR) is 106 cm³/mol. The van der Waals surface area contributed by atoms with Crippen LogP contribution in [0.5, 0.6) is 0 Å². The van der Waals surface area contributed by atoms with E-state index in [0.29, 0.717) is 45.8 Å². The summed E-state index contributed by atoms with van der Waals surface area (Å²) in [5, 5.41) is 0. The van der Waals surface area contributed by atoms with Gasteiger partial charge in [0, 0.05) is 57.6 Å². The predicted octanol–water partition coefficient (Wildman–Crippen LogP) is 0.413. The maximum atomic E-state index is 14.3. The zero-order chi connectivity index (χ0) is 21.2. The molecule has 162 valence electrons. The molecule has 2 heterocycles. The van der Waals surface area contributed by atoms with Crippen LogP contribution in [0.1, 0.15) is 23.2 Å². The molecule has 1 aromatic carbocycles. The van der Waals surface area contributed by atoms with Crippen LogP contribution >= 0.6 is 0 Å². The van der Waals surface area contributed by atoms with Gasteiger partial charge in [0.05, 0.1) is 5.75 Å². The lowest BCUT2D eigenvalue weighted by Gasteiger charge is -2.34. The summed E-state index contributed by atoms with van der Waals surface area (Å²) in [4.78, 5) is 15.9. The van der Waals surface area contributed by atoms with Crippen molar-refractivity contribution in [1.82, 2.24) is 14.1 Å². The molecule has 29 heavy (non-hydrogen) atoms. The molecule has 1 aromatic rings. The van der Waals surface area contributed by atoms with Gasteiger partial charge in [-0.15, -0.1) is 0 Å². The normalized spacial score (nSPS) is 19.6. The maximum absolute atomic E-state index is 14.3. The van der Waals surface area contributed by atoms with Gasteiger partial charge in [-0.1, -0.05) is 0 Å². The molecule has 0 N–H and O–H groups in total. The number of carbonyl (C=O) groups is 1. The van der Waals surface area contributed by atoms with E-state index in [9.17, 15) is 26.0 Å². The summed E-state index contributed by atoms with van der Waals surface area (Å²) in [6.45, 7) is 2.98. The van der Waals surface area contributed by atoms with Gasteiger partial charge >= 0.3 is 0 Å². The number of amides is 1. The van der Waals surface area contributed by atoms with Gasteiger partial charge in [0.2, 0.25) is 10.0 Å². The van der Waals surface area contributed by atoms with Crippen LogP contribution < -0.4 is 0 Å². The number of rotatable bonds is 6. The average molecular weight is 448 g/mol.